The maximum atomic E-state index is 11.6. The first-order valence-corrected chi connectivity index (χ1v) is 9.74. The van der Waals surface area contributed by atoms with Gasteiger partial charge in [0, 0.05) is 31.2 Å². The highest BCUT2D eigenvalue weighted by Gasteiger charge is 2.29. The first-order chi connectivity index (χ1) is 10.9. The molecule has 1 saturated heterocycles. The summed E-state index contributed by atoms with van der Waals surface area (Å²) in [5, 5.41) is 3.50. The van der Waals surface area contributed by atoms with Crippen LogP contribution in [0, 0.1) is 5.92 Å². The molecule has 0 amide bonds. The predicted molar refractivity (Wildman–Crippen MR) is 94.0 cm³/mol. The van der Waals surface area contributed by atoms with E-state index >= 15 is 0 Å². The number of hydrogen-bond acceptors (Lipinski definition) is 4. The molecule has 6 heteroatoms. The Kier molecular flexibility index (Phi) is 6.21. The highest BCUT2D eigenvalue weighted by molar-refractivity contribution is 7.88. The van der Waals surface area contributed by atoms with Gasteiger partial charge in [0.05, 0.1) is 13.4 Å². The van der Waals surface area contributed by atoms with Crippen LogP contribution in [-0.4, -0.2) is 51.8 Å². The highest BCUT2D eigenvalue weighted by Crippen LogP contribution is 2.20. The summed E-state index contributed by atoms with van der Waals surface area (Å²) in [6.45, 7) is 4.04. The molecule has 0 spiro atoms. The van der Waals surface area contributed by atoms with Crippen molar-refractivity contribution in [3.8, 4) is 5.75 Å². The molecule has 5 nitrogen and oxygen atoms in total. The summed E-state index contributed by atoms with van der Waals surface area (Å²) in [5.74, 6) is 1.16. The number of ether oxygens (including phenoxy) is 1. The number of nitrogens with one attached hydrogen (secondary N) is 1. The van der Waals surface area contributed by atoms with Gasteiger partial charge in [-0.15, -0.1) is 0 Å². The molecule has 1 aliphatic heterocycles. The number of piperidine rings is 1. The van der Waals surface area contributed by atoms with Crippen LogP contribution in [0.5, 0.6) is 5.75 Å². The van der Waals surface area contributed by atoms with Crippen molar-refractivity contribution in [2.45, 2.75) is 19.4 Å². The van der Waals surface area contributed by atoms with Crippen LogP contribution in [-0.2, 0) is 10.0 Å². The van der Waals surface area contributed by atoms with Crippen LogP contribution < -0.4 is 10.1 Å². The monoisotopic (exact) mass is 338 g/mol. The van der Waals surface area contributed by atoms with Crippen molar-refractivity contribution in [3.63, 3.8) is 0 Å². The van der Waals surface area contributed by atoms with E-state index in [9.17, 15) is 8.42 Å². The van der Waals surface area contributed by atoms with Crippen molar-refractivity contribution in [1.29, 1.82) is 0 Å². The number of nitrogens with zero attached hydrogens (tertiary/aromatic N) is 1. The molecular formula is C17H26N2O3S. The van der Waals surface area contributed by atoms with Gasteiger partial charge in [-0.3, -0.25) is 0 Å². The topological polar surface area (TPSA) is 58.6 Å². The van der Waals surface area contributed by atoms with E-state index in [1.807, 2.05) is 30.3 Å². The normalized spacial score (nSPS) is 23.3. The fraction of sp³-hybridized carbons (Fsp3) is 0.529. The number of hydrogen-bond donors (Lipinski definition) is 1. The van der Waals surface area contributed by atoms with Gasteiger partial charge in [-0.25, -0.2) is 12.7 Å². The van der Waals surface area contributed by atoms with Gasteiger partial charge in [0.25, 0.3) is 0 Å². The maximum Gasteiger partial charge on any atom is 0.211 e. The molecule has 2 atom stereocenters. The molecule has 128 valence electrons. The van der Waals surface area contributed by atoms with E-state index < -0.39 is 10.0 Å². The van der Waals surface area contributed by atoms with E-state index in [4.69, 9.17) is 4.74 Å². The zero-order chi connectivity index (χ0) is 16.9. The quantitative estimate of drug-likeness (QED) is 0.861. The zero-order valence-corrected chi connectivity index (χ0v) is 14.8. The maximum absolute atomic E-state index is 11.6. The average molecular weight is 338 g/mol. The third-order valence-electron chi connectivity index (χ3n) is 4.27. The highest BCUT2D eigenvalue weighted by atomic mass is 32.2. The van der Waals surface area contributed by atoms with Gasteiger partial charge < -0.3 is 10.1 Å². The molecule has 1 aromatic carbocycles. The summed E-state index contributed by atoms with van der Waals surface area (Å²) in [4.78, 5) is 0. The average Bonchev–Trinajstić information content (AvgIpc) is 2.52. The van der Waals surface area contributed by atoms with Crippen LogP contribution in [0.15, 0.2) is 30.3 Å². The standard InChI is InChI=1S/C17H26N2O3S/c1-14-13-19(23(3,20)21)12-10-16(14)18-11-6-8-15-7-4-5-9-17(15)22-2/h4-9,14,16,18H,10-13H2,1-3H3. The molecule has 1 heterocycles. The molecule has 0 bridgehead atoms. The molecular weight excluding hydrogens is 312 g/mol. The van der Waals surface area contributed by atoms with Gasteiger partial charge in [0.2, 0.25) is 10.0 Å². The number of rotatable bonds is 6. The molecule has 1 aromatic rings. The van der Waals surface area contributed by atoms with Gasteiger partial charge in [0.1, 0.15) is 5.75 Å². The van der Waals surface area contributed by atoms with E-state index in [-0.39, 0.29) is 0 Å². The largest absolute Gasteiger partial charge is 0.496 e. The van der Waals surface area contributed by atoms with Crippen molar-refractivity contribution in [3.05, 3.63) is 35.9 Å². The van der Waals surface area contributed by atoms with Gasteiger partial charge >= 0.3 is 0 Å². The first kappa shape index (κ1) is 18.0. The minimum Gasteiger partial charge on any atom is -0.496 e. The Morgan fingerprint density at radius 2 is 2.13 bits per heavy atom. The van der Waals surface area contributed by atoms with Gasteiger partial charge in [-0.2, -0.15) is 0 Å². The third kappa shape index (κ3) is 5.06. The Balaban J connectivity index is 1.84. The van der Waals surface area contributed by atoms with E-state index in [1.165, 1.54) is 6.26 Å². The molecule has 1 N–H and O–H groups in total. The Hall–Kier alpha value is -1.37. The minimum atomic E-state index is -3.07. The summed E-state index contributed by atoms with van der Waals surface area (Å²) < 4.78 is 30.1. The van der Waals surface area contributed by atoms with Gasteiger partial charge in [-0.05, 0) is 18.4 Å². The Morgan fingerprint density at radius 3 is 2.78 bits per heavy atom. The second kappa shape index (κ2) is 7.95. The van der Waals surface area contributed by atoms with Crippen LogP contribution in [0.2, 0.25) is 0 Å². The van der Waals surface area contributed by atoms with Crippen molar-refractivity contribution >= 4 is 16.1 Å². The predicted octanol–water partition coefficient (Wildman–Crippen LogP) is 1.97. The van der Waals surface area contributed by atoms with Crippen LogP contribution >= 0.6 is 0 Å². The summed E-state index contributed by atoms with van der Waals surface area (Å²) in [5.41, 5.74) is 1.05. The molecule has 1 aliphatic rings. The second-order valence-corrected chi connectivity index (χ2v) is 8.03. The smallest absolute Gasteiger partial charge is 0.211 e. The molecule has 0 aliphatic carbocycles. The Labute approximate surface area is 139 Å². The summed E-state index contributed by atoms with van der Waals surface area (Å²) in [6.07, 6.45) is 6.25. The van der Waals surface area contributed by atoms with Gasteiger partial charge in [0.15, 0.2) is 0 Å². The Bertz CT molecular complexity index is 643. The Morgan fingerprint density at radius 1 is 1.39 bits per heavy atom. The van der Waals surface area contributed by atoms with Crippen LogP contribution in [0.3, 0.4) is 0 Å². The molecule has 0 saturated carbocycles. The molecule has 0 aromatic heterocycles. The lowest BCUT2D eigenvalue weighted by molar-refractivity contribution is 0.225. The van der Waals surface area contributed by atoms with E-state index in [0.717, 1.165) is 24.3 Å². The SMILES string of the molecule is COc1ccccc1C=CCNC1CCN(S(C)(=O)=O)CC1C. The summed E-state index contributed by atoms with van der Waals surface area (Å²) >= 11 is 0. The van der Waals surface area contributed by atoms with Crippen molar-refractivity contribution < 1.29 is 13.2 Å². The number of para-hydroxylation sites is 1. The number of benzene rings is 1. The number of methoxy groups -OCH3 is 1. The zero-order valence-electron chi connectivity index (χ0n) is 14.0. The number of sulfonamides is 1. The van der Waals surface area contributed by atoms with Crippen molar-refractivity contribution in [2.24, 2.45) is 5.92 Å². The fourth-order valence-corrected chi connectivity index (χ4v) is 3.86. The third-order valence-corrected chi connectivity index (χ3v) is 5.54. The van der Waals surface area contributed by atoms with E-state index in [1.54, 1.807) is 11.4 Å². The van der Waals surface area contributed by atoms with Crippen molar-refractivity contribution in [2.75, 3.05) is 33.0 Å². The fourth-order valence-electron chi connectivity index (χ4n) is 2.92. The van der Waals surface area contributed by atoms with E-state index in [2.05, 4.69) is 18.3 Å². The molecule has 0 radical (unpaired) electrons. The lowest BCUT2D eigenvalue weighted by Gasteiger charge is -2.35. The van der Waals surface area contributed by atoms with E-state index in [0.29, 0.717) is 25.0 Å². The van der Waals surface area contributed by atoms with Crippen molar-refractivity contribution in [1.82, 2.24) is 9.62 Å². The first-order valence-electron chi connectivity index (χ1n) is 7.90. The molecule has 2 unspecified atom stereocenters. The van der Waals surface area contributed by atoms with Crippen LogP contribution in [0.25, 0.3) is 6.08 Å². The van der Waals surface area contributed by atoms with Crippen LogP contribution in [0.1, 0.15) is 18.9 Å². The summed E-state index contributed by atoms with van der Waals surface area (Å²) in [6, 6.07) is 8.23. The second-order valence-electron chi connectivity index (χ2n) is 6.05. The molecule has 23 heavy (non-hydrogen) atoms. The minimum absolute atomic E-state index is 0.304. The van der Waals surface area contributed by atoms with Gasteiger partial charge in [-0.1, -0.05) is 37.3 Å². The van der Waals surface area contributed by atoms with Crippen LogP contribution in [0.4, 0.5) is 0 Å². The summed E-state index contributed by atoms with van der Waals surface area (Å²) in [7, 11) is -1.40. The lowest BCUT2D eigenvalue weighted by Crippen LogP contribution is -2.49. The molecule has 2 rings (SSSR count). The molecule has 1 fully saturated rings. The lowest BCUT2D eigenvalue weighted by atomic mass is 9.95.